The first-order valence-electron chi connectivity index (χ1n) is 8.36. The van der Waals surface area contributed by atoms with Crippen LogP contribution in [-0.2, 0) is 4.79 Å². The second-order valence-corrected chi connectivity index (χ2v) is 8.48. The van der Waals surface area contributed by atoms with Crippen molar-refractivity contribution in [2.45, 2.75) is 30.8 Å². The molecule has 0 radical (unpaired) electrons. The molecule has 0 saturated carbocycles. The first-order valence-corrected chi connectivity index (χ1v) is 10.2. The largest absolute Gasteiger partial charge is 0.325 e. The molecule has 1 fully saturated rings. The van der Waals surface area contributed by atoms with Crippen LogP contribution in [-0.4, -0.2) is 28.7 Å². The molecule has 1 aromatic heterocycles. The number of carbonyl (C=O) groups is 2. The van der Waals surface area contributed by atoms with Gasteiger partial charge in [-0.2, -0.15) is 0 Å². The SMILES string of the molecule is CC(C)C1NNC(C(=O)Nc2ccc(NC(=O)c3cccs3)cc2)C1Br. The smallest absolute Gasteiger partial charge is 0.265 e. The van der Waals surface area contributed by atoms with Gasteiger partial charge in [0.05, 0.1) is 9.70 Å². The lowest BCUT2D eigenvalue weighted by Gasteiger charge is -2.19. The Morgan fingerprint density at radius 1 is 1.08 bits per heavy atom. The summed E-state index contributed by atoms with van der Waals surface area (Å²) < 4.78 is 0. The van der Waals surface area contributed by atoms with Gasteiger partial charge in [-0.1, -0.05) is 35.8 Å². The third-order valence-corrected chi connectivity index (χ3v) is 6.19. The van der Waals surface area contributed by atoms with Gasteiger partial charge in [-0.05, 0) is 41.6 Å². The number of hydrogen-bond acceptors (Lipinski definition) is 5. The molecular weight excluding hydrogens is 416 g/mol. The van der Waals surface area contributed by atoms with E-state index in [0.29, 0.717) is 22.2 Å². The summed E-state index contributed by atoms with van der Waals surface area (Å²) in [5, 5.41) is 7.60. The fourth-order valence-corrected chi connectivity index (χ4v) is 4.49. The van der Waals surface area contributed by atoms with Crippen LogP contribution in [0.3, 0.4) is 0 Å². The number of hydrazine groups is 1. The van der Waals surface area contributed by atoms with Crippen molar-refractivity contribution in [3.8, 4) is 0 Å². The van der Waals surface area contributed by atoms with E-state index in [1.807, 2.05) is 11.4 Å². The summed E-state index contributed by atoms with van der Waals surface area (Å²) >= 11 is 5.00. The highest BCUT2D eigenvalue weighted by molar-refractivity contribution is 9.09. The second-order valence-electron chi connectivity index (χ2n) is 6.48. The van der Waals surface area contributed by atoms with Crippen LogP contribution in [0, 0.1) is 5.92 Å². The minimum atomic E-state index is -0.361. The zero-order chi connectivity index (χ0) is 18.7. The molecule has 1 saturated heterocycles. The Kier molecular flexibility index (Phi) is 6.08. The van der Waals surface area contributed by atoms with Crippen LogP contribution in [0.4, 0.5) is 11.4 Å². The van der Waals surface area contributed by atoms with Crippen molar-refractivity contribution < 1.29 is 9.59 Å². The topological polar surface area (TPSA) is 82.3 Å². The van der Waals surface area contributed by atoms with E-state index in [-0.39, 0.29) is 28.7 Å². The van der Waals surface area contributed by atoms with Gasteiger partial charge in [0.15, 0.2) is 0 Å². The summed E-state index contributed by atoms with van der Waals surface area (Å²) in [6, 6.07) is 10.5. The van der Waals surface area contributed by atoms with Crippen LogP contribution in [0.2, 0.25) is 0 Å². The number of carbonyl (C=O) groups excluding carboxylic acids is 2. The Labute approximate surface area is 164 Å². The first-order chi connectivity index (χ1) is 12.5. The molecule has 2 aromatic rings. The Morgan fingerprint density at radius 2 is 1.73 bits per heavy atom. The number of thiophene rings is 1. The molecule has 2 heterocycles. The fourth-order valence-electron chi connectivity index (χ4n) is 2.75. The van der Waals surface area contributed by atoms with E-state index < -0.39 is 0 Å². The number of rotatable bonds is 5. The highest BCUT2D eigenvalue weighted by Gasteiger charge is 2.39. The number of nitrogens with one attached hydrogen (secondary N) is 4. The van der Waals surface area contributed by atoms with Crippen LogP contribution in [0.5, 0.6) is 0 Å². The molecule has 138 valence electrons. The molecular formula is C18H21BrN4O2S. The van der Waals surface area contributed by atoms with Gasteiger partial charge >= 0.3 is 0 Å². The van der Waals surface area contributed by atoms with Gasteiger partial charge in [0.25, 0.3) is 5.91 Å². The normalized spacial score (nSPS) is 22.4. The van der Waals surface area contributed by atoms with Crippen LogP contribution >= 0.6 is 27.3 Å². The third-order valence-electron chi connectivity index (χ3n) is 4.22. The highest BCUT2D eigenvalue weighted by atomic mass is 79.9. The standard InChI is InChI=1S/C18H21BrN4O2S/c1-10(2)15-14(19)16(23-22-15)18(25)21-12-7-5-11(6-8-12)20-17(24)13-4-3-9-26-13/h3-10,14-16,22-23H,1-2H3,(H,20,24)(H,21,25). The lowest BCUT2D eigenvalue weighted by Crippen LogP contribution is -2.42. The van der Waals surface area contributed by atoms with Crippen LogP contribution in [0.25, 0.3) is 0 Å². The molecule has 4 N–H and O–H groups in total. The molecule has 8 heteroatoms. The number of alkyl halides is 1. The van der Waals surface area contributed by atoms with Crippen molar-refractivity contribution in [2.24, 2.45) is 5.92 Å². The molecule has 1 aliphatic rings. The van der Waals surface area contributed by atoms with Gasteiger partial charge in [-0.3, -0.25) is 15.0 Å². The summed E-state index contributed by atoms with van der Waals surface area (Å²) in [4.78, 5) is 25.2. The maximum Gasteiger partial charge on any atom is 0.265 e. The van der Waals surface area contributed by atoms with Gasteiger partial charge in [0, 0.05) is 17.4 Å². The number of halogens is 1. The van der Waals surface area contributed by atoms with Gasteiger partial charge in [0.1, 0.15) is 6.04 Å². The van der Waals surface area contributed by atoms with E-state index >= 15 is 0 Å². The van der Waals surface area contributed by atoms with E-state index in [2.05, 4.69) is 51.3 Å². The Hall–Kier alpha value is -1.74. The second kappa shape index (κ2) is 8.30. The highest BCUT2D eigenvalue weighted by Crippen LogP contribution is 2.23. The molecule has 26 heavy (non-hydrogen) atoms. The van der Waals surface area contributed by atoms with Crippen molar-refractivity contribution in [1.29, 1.82) is 0 Å². The van der Waals surface area contributed by atoms with E-state index in [9.17, 15) is 9.59 Å². The molecule has 1 aromatic carbocycles. The summed E-state index contributed by atoms with van der Waals surface area (Å²) in [5.41, 5.74) is 7.57. The Balaban J connectivity index is 1.57. The number of hydrogen-bond donors (Lipinski definition) is 4. The number of anilines is 2. The predicted octanol–water partition coefficient (Wildman–Crippen LogP) is 3.20. The van der Waals surface area contributed by atoms with E-state index in [0.717, 1.165) is 0 Å². The van der Waals surface area contributed by atoms with Crippen molar-refractivity contribution in [3.05, 3.63) is 46.7 Å². The molecule has 0 spiro atoms. The molecule has 2 amide bonds. The quantitative estimate of drug-likeness (QED) is 0.542. The maximum absolute atomic E-state index is 12.5. The predicted molar refractivity (Wildman–Crippen MR) is 109 cm³/mol. The van der Waals surface area contributed by atoms with Gasteiger partial charge in [-0.15, -0.1) is 11.3 Å². The van der Waals surface area contributed by atoms with E-state index in [1.165, 1.54) is 11.3 Å². The van der Waals surface area contributed by atoms with Gasteiger partial charge in [-0.25, -0.2) is 5.43 Å². The minimum absolute atomic E-state index is 0.00635. The molecule has 6 nitrogen and oxygen atoms in total. The number of amides is 2. The zero-order valence-electron chi connectivity index (χ0n) is 14.5. The van der Waals surface area contributed by atoms with Crippen molar-refractivity contribution in [3.63, 3.8) is 0 Å². The van der Waals surface area contributed by atoms with Crippen LogP contribution in [0.1, 0.15) is 23.5 Å². The van der Waals surface area contributed by atoms with E-state index in [1.54, 1.807) is 30.3 Å². The van der Waals surface area contributed by atoms with Crippen molar-refractivity contribution in [2.75, 3.05) is 10.6 Å². The van der Waals surface area contributed by atoms with Gasteiger partial charge in [0.2, 0.25) is 5.91 Å². The van der Waals surface area contributed by atoms with Crippen molar-refractivity contribution >= 4 is 50.5 Å². The van der Waals surface area contributed by atoms with Crippen molar-refractivity contribution in [1.82, 2.24) is 10.9 Å². The molecule has 3 rings (SSSR count). The number of benzene rings is 1. The van der Waals surface area contributed by atoms with E-state index in [4.69, 9.17) is 0 Å². The molecule has 0 bridgehead atoms. The Bertz CT molecular complexity index is 764. The lowest BCUT2D eigenvalue weighted by atomic mass is 9.99. The average Bonchev–Trinajstić information content (AvgIpc) is 3.26. The molecule has 3 unspecified atom stereocenters. The van der Waals surface area contributed by atoms with Crippen LogP contribution in [0.15, 0.2) is 41.8 Å². The monoisotopic (exact) mass is 436 g/mol. The molecule has 3 atom stereocenters. The lowest BCUT2D eigenvalue weighted by molar-refractivity contribution is -0.117. The zero-order valence-corrected chi connectivity index (χ0v) is 16.9. The third kappa shape index (κ3) is 4.32. The maximum atomic E-state index is 12.5. The first kappa shape index (κ1) is 19.0. The molecule has 0 aliphatic carbocycles. The minimum Gasteiger partial charge on any atom is -0.325 e. The van der Waals surface area contributed by atoms with Crippen LogP contribution < -0.4 is 21.5 Å². The molecule has 1 aliphatic heterocycles. The van der Waals surface area contributed by atoms with Gasteiger partial charge < -0.3 is 10.6 Å². The Morgan fingerprint density at radius 3 is 2.27 bits per heavy atom. The summed E-state index contributed by atoms with van der Waals surface area (Å²) in [6.45, 7) is 4.22. The summed E-state index contributed by atoms with van der Waals surface area (Å²) in [7, 11) is 0. The fraction of sp³-hybridized carbons (Fsp3) is 0.333. The average molecular weight is 437 g/mol. The summed E-state index contributed by atoms with van der Waals surface area (Å²) in [5.74, 6) is 0.147. The summed E-state index contributed by atoms with van der Waals surface area (Å²) in [6.07, 6.45) is 0.